The van der Waals surface area contributed by atoms with Gasteiger partial charge in [0, 0.05) is 25.7 Å². The van der Waals surface area contributed by atoms with E-state index in [9.17, 15) is 14.0 Å². The summed E-state index contributed by atoms with van der Waals surface area (Å²) in [5.74, 6) is -0.385. The molecule has 1 amide bonds. The number of aryl methyl sites for hydroxylation is 1. The number of carbonyl (C=O) groups excluding carboxylic acids is 1. The molecule has 3 heterocycles. The summed E-state index contributed by atoms with van der Waals surface area (Å²) in [5.41, 5.74) is 2.22. The topological polar surface area (TPSA) is 71.3 Å². The number of para-hydroxylation sites is 1. The number of fused-ring (bicyclic) bond motifs is 1. The SMILES string of the molecule is C=CC(=O)N1CCN(c2nc(=O)n(-c3c(C)cccc3C(C)C)c3nc(Cl)c(F)cc23)C(C)C1. The maximum Gasteiger partial charge on any atom is 0.355 e. The zero-order valence-corrected chi connectivity index (χ0v) is 20.4. The average Bonchev–Trinajstić information content (AvgIpc) is 2.79. The van der Waals surface area contributed by atoms with Crippen LogP contribution in [0.3, 0.4) is 0 Å². The molecule has 1 saturated heterocycles. The zero-order valence-electron chi connectivity index (χ0n) is 19.7. The van der Waals surface area contributed by atoms with Crippen LogP contribution in [-0.2, 0) is 4.79 Å². The summed E-state index contributed by atoms with van der Waals surface area (Å²) in [7, 11) is 0. The lowest BCUT2D eigenvalue weighted by molar-refractivity contribution is -0.126. The molecule has 34 heavy (non-hydrogen) atoms. The van der Waals surface area contributed by atoms with E-state index in [-0.39, 0.29) is 28.7 Å². The maximum absolute atomic E-state index is 14.6. The number of aromatic nitrogens is 3. The zero-order chi connectivity index (χ0) is 24.7. The van der Waals surface area contributed by atoms with Crippen molar-refractivity contribution in [3.8, 4) is 5.69 Å². The maximum atomic E-state index is 14.6. The molecule has 9 heteroatoms. The summed E-state index contributed by atoms with van der Waals surface area (Å²) < 4.78 is 16.1. The molecule has 0 radical (unpaired) electrons. The second kappa shape index (κ2) is 9.18. The van der Waals surface area contributed by atoms with Gasteiger partial charge in [-0.3, -0.25) is 4.79 Å². The third-order valence-electron chi connectivity index (χ3n) is 6.26. The van der Waals surface area contributed by atoms with Crippen LogP contribution in [0.1, 0.15) is 37.8 Å². The molecule has 1 aromatic carbocycles. The number of hydrogen-bond acceptors (Lipinski definition) is 5. The predicted octanol–water partition coefficient (Wildman–Crippen LogP) is 4.23. The van der Waals surface area contributed by atoms with Crippen LogP contribution < -0.4 is 10.6 Å². The first-order valence-electron chi connectivity index (χ1n) is 11.2. The molecular weight excluding hydrogens is 457 g/mol. The normalized spacial score (nSPS) is 16.4. The van der Waals surface area contributed by atoms with Gasteiger partial charge in [-0.05, 0) is 43.0 Å². The Balaban J connectivity index is 1.96. The highest BCUT2D eigenvalue weighted by Crippen LogP contribution is 2.32. The van der Waals surface area contributed by atoms with E-state index in [4.69, 9.17) is 11.6 Å². The molecule has 1 aliphatic heterocycles. The van der Waals surface area contributed by atoms with Crippen molar-refractivity contribution in [2.45, 2.75) is 39.7 Å². The van der Waals surface area contributed by atoms with Gasteiger partial charge < -0.3 is 9.80 Å². The Bertz CT molecular complexity index is 1350. The first kappa shape index (κ1) is 23.9. The van der Waals surface area contributed by atoms with Crippen LogP contribution in [0.5, 0.6) is 0 Å². The molecular formula is C25H27ClFN5O2. The number of amides is 1. The van der Waals surface area contributed by atoms with Gasteiger partial charge in [-0.2, -0.15) is 4.98 Å². The highest BCUT2D eigenvalue weighted by Gasteiger charge is 2.30. The van der Waals surface area contributed by atoms with Crippen molar-refractivity contribution in [2.24, 2.45) is 0 Å². The molecule has 2 aromatic heterocycles. The fourth-order valence-electron chi connectivity index (χ4n) is 4.56. The van der Waals surface area contributed by atoms with Crippen molar-refractivity contribution in [3.05, 3.63) is 69.5 Å². The molecule has 0 bridgehead atoms. The Kier molecular flexibility index (Phi) is 6.45. The summed E-state index contributed by atoms with van der Waals surface area (Å²) in [6, 6.07) is 6.93. The molecule has 3 aromatic rings. The lowest BCUT2D eigenvalue weighted by Gasteiger charge is -2.40. The van der Waals surface area contributed by atoms with E-state index in [0.717, 1.165) is 11.1 Å². The lowest BCUT2D eigenvalue weighted by Crippen LogP contribution is -2.54. The minimum Gasteiger partial charge on any atom is -0.350 e. The first-order valence-corrected chi connectivity index (χ1v) is 11.6. The van der Waals surface area contributed by atoms with Gasteiger partial charge in [0.1, 0.15) is 5.82 Å². The van der Waals surface area contributed by atoms with Crippen LogP contribution in [0.25, 0.3) is 16.7 Å². The van der Waals surface area contributed by atoms with Gasteiger partial charge in [0.05, 0.1) is 11.1 Å². The van der Waals surface area contributed by atoms with Crippen molar-refractivity contribution >= 4 is 34.4 Å². The Morgan fingerprint density at radius 2 is 2.03 bits per heavy atom. The summed E-state index contributed by atoms with van der Waals surface area (Å²) in [4.78, 5) is 37.9. The first-order chi connectivity index (χ1) is 16.1. The van der Waals surface area contributed by atoms with Gasteiger partial charge in [-0.15, -0.1) is 0 Å². The number of halogens is 2. The van der Waals surface area contributed by atoms with Crippen LogP contribution >= 0.6 is 11.6 Å². The molecule has 4 rings (SSSR count). The number of anilines is 1. The van der Waals surface area contributed by atoms with E-state index in [1.807, 2.05) is 50.8 Å². The monoisotopic (exact) mass is 483 g/mol. The minimum absolute atomic E-state index is 0.128. The molecule has 7 nitrogen and oxygen atoms in total. The number of pyridine rings is 1. The molecule has 0 N–H and O–H groups in total. The molecule has 1 aliphatic rings. The molecule has 178 valence electrons. The van der Waals surface area contributed by atoms with Crippen molar-refractivity contribution in [2.75, 3.05) is 24.5 Å². The number of rotatable bonds is 4. The fourth-order valence-corrected chi connectivity index (χ4v) is 4.69. The largest absolute Gasteiger partial charge is 0.355 e. The van der Waals surface area contributed by atoms with E-state index in [1.54, 1.807) is 4.90 Å². The van der Waals surface area contributed by atoms with Crippen LogP contribution in [-0.4, -0.2) is 51.0 Å². The van der Waals surface area contributed by atoms with E-state index in [2.05, 4.69) is 16.5 Å². The van der Waals surface area contributed by atoms with E-state index in [1.165, 1.54) is 16.7 Å². The number of piperazine rings is 1. The second-order valence-electron chi connectivity index (χ2n) is 8.88. The van der Waals surface area contributed by atoms with E-state index in [0.29, 0.717) is 36.5 Å². The van der Waals surface area contributed by atoms with Gasteiger partial charge in [0.15, 0.2) is 16.6 Å². The third kappa shape index (κ3) is 4.07. The van der Waals surface area contributed by atoms with Crippen molar-refractivity contribution in [1.82, 2.24) is 19.4 Å². The summed E-state index contributed by atoms with van der Waals surface area (Å²) in [6.45, 7) is 12.8. The lowest BCUT2D eigenvalue weighted by atomic mass is 9.98. The molecule has 1 unspecified atom stereocenters. The quantitative estimate of drug-likeness (QED) is 0.410. The van der Waals surface area contributed by atoms with Crippen LogP contribution in [0.15, 0.2) is 41.7 Å². The Morgan fingerprint density at radius 1 is 1.29 bits per heavy atom. The third-order valence-corrected chi connectivity index (χ3v) is 6.52. The molecule has 1 fully saturated rings. The highest BCUT2D eigenvalue weighted by atomic mass is 35.5. The van der Waals surface area contributed by atoms with Crippen LogP contribution in [0, 0.1) is 12.7 Å². The Hall–Kier alpha value is -3.26. The van der Waals surface area contributed by atoms with Crippen LogP contribution in [0.2, 0.25) is 5.15 Å². The van der Waals surface area contributed by atoms with Crippen molar-refractivity contribution < 1.29 is 9.18 Å². The molecule has 0 saturated carbocycles. The number of nitrogens with zero attached hydrogens (tertiary/aromatic N) is 5. The number of benzene rings is 1. The van der Waals surface area contributed by atoms with E-state index < -0.39 is 11.5 Å². The Morgan fingerprint density at radius 3 is 2.68 bits per heavy atom. The smallest absolute Gasteiger partial charge is 0.350 e. The molecule has 0 aliphatic carbocycles. The molecule has 1 atom stereocenters. The van der Waals surface area contributed by atoms with Gasteiger partial charge in [-0.1, -0.05) is 50.2 Å². The van der Waals surface area contributed by atoms with Gasteiger partial charge >= 0.3 is 5.69 Å². The minimum atomic E-state index is -0.690. The number of hydrogen-bond donors (Lipinski definition) is 0. The average molecular weight is 484 g/mol. The Labute approximate surface area is 202 Å². The highest BCUT2D eigenvalue weighted by molar-refractivity contribution is 6.30. The molecule has 0 spiro atoms. The van der Waals surface area contributed by atoms with Gasteiger partial charge in [0.25, 0.3) is 0 Å². The standard InChI is InChI=1S/C25H27ClFN5O2/c1-6-20(33)30-10-11-31(16(5)13-30)23-18-12-19(27)22(26)28-24(18)32(25(34)29-23)21-15(4)8-7-9-17(21)14(2)3/h6-9,12,14,16H,1,10-11,13H2,2-5H3. The fraction of sp³-hybridized carbons (Fsp3) is 0.360. The van der Waals surface area contributed by atoms with Gasteiger partial charge in [-0.25, -0.2) is 18.7 Å². The van der Waals surface area contributed by atoms with Crippen molar-refractivity contribution in [1.29, 1.82) is 0 Å². The predicted molar refractivity (Wildman–Crippen MR) is 133 cm³/mol. The number of carbonyl (C=O) groups is 1. The van der Waals surface area contributed by atoms with E-state index >= 15 is 0 Å². The second-order valence-corrected chi connectivity index (χ2v) is 9.24. The van der Waals surface area contributed by atoms with Gasteiger partial charge in [0.2, 0.25) is 5.91 Å². The van der Waals surface area contributed by atoms with Crippen molar-refractivity contribution in [3.63, 3.8) is 0 Å². The van der Waals surface area contributed by atoms with Crippen LogP contribution in [0.4, 0.5) is 10.2 Å². The summed E-state index contributed by atoms with van der Waals surface area (Å²) in [5, 5.41) is 0.0711. The summed E-state index contributed by atoms with van der Waals surface area (Å²) in [6.07, 6.45) is 1.28. The summed E-state index contributed by atoms with van der Waals surface area (Å²) >= 11 is 6.09.